The van der Waals surface area contributed by atoms with Crippen LogP contribution in [0, 0.1) is 0 Å². The molecule has 3 radical (unpaired) electrons. The number of carbonyl (C=O) groups is 1. The third kappa shape index (κ3) is 6.76. The van der Waals surface area contributed by atoms with Crippen LogP contribution in [0.1, 0.15) is 26.7 Å². The Hall–Kier alpha value is -0.653. The van der Waals surface area contributed by atoms with Gasteiger partial charge in [0.15, 0.2) is 6.29 Å². The molecule has 16 heavy (non-hydrogen) atoms. The molecule has 0 heterocycles. The maximum absolute atomic E-state index is 11.0. The average molecular weight is 243 g/mol. The smallest absolute Gasteiger partial charge is 0.331 e. The standard InChI is InChI=1S/C11H19O4Si/c1-3-14-10(15-4-2)8-9(11(12)13)6-5-7-16/h8,10H,3-7H2,1-2H3,(H,12,13). The van der Waals surface area contributed by atoms with E-state index in [1.807, 2.05) is 13.8 Å². The Balaban J connectivity index is 4.49. The SMILES string of the molecule is CCOC(C=C(CCC[Si])C(=O)O)OCC. The van der Waals surface area contributed by atoms with Crippen LogP contribution < -0.4 is 0 Å². The van der Waals surface area contributed by atoms with Gasteiger partial charge in [0.1, 0.15) is 0 Å². The van der Waals surface area contributed by atoms with Gasteiger partial charge in [-0.2, -0.15) is 0 Å². The van der Waals surface area contributed by atoms with Crippen molar-refractivity contribution in [2.45, 2.75) is 39.0 Å². The number of carboxylic acid groups (broad SMARTS) is 1. The fourth-order valence-corrected chi connectivity index (χ4v) is 1.35. The number of rotatable bonds is 9. The van der Waals surface area contributed by atoms with Crippen LogP contribution in [0.2, 0.25) is 6.04 Å². The van der Waals surface area contributed by atoms with Gasteiger partial charge in [0, 0.05) is 29.0 Å². The van der Waals surface area contributed by atoms with Crippen molar-refractivity contribution in [3.63, 3.8) is 0 Å². The average Bonchev–Trinajstić information content (AvgIpc) is 2.24. The molecule has 0 aromatic carbocycles. The van der Waals surface area contributed by atoms with E-state index in [0.717, 1.165) is 12.5 Å². The fraction of sp³-hybridized carbons (Fsp3) is 0.727. The van der Waals surface area contributed by atoms with Crippen molar-refractivity contribution in [3.8, 4) is 0 Å². The molecule has 0 unspecified atom stereocenters. The molecular formula is C11H19O4Si. The maximum Gasteiger partial charge on any atom is 0.331 e. The molecule has 4 nitrogen and oxygen atoms in total. The summed E-state index contributed by atoms with van der Waals surface area (Å²) < 4.78 is 10.5. The van der Waals surface area contributed by atoms with Gasteiger partial charge in [-0.15, -0.1) is 0 Å². The molecule has 1 N–H and O–H groups in total. The van der Waals surface area contributed by atoms with Gasteiger partial charge in [0.25, 0.3) is 0 Å². The van der Waals surface area contributed by atoms with E-state index in [1.54, 1.807) is 0 Å². The number of carboxylic acids is 1. The Kier molecular flexibility index (Phi) is 9.17. The Morgan fingerprint density at radius 3 is 2.31 bits per heavy atom. The van der Waals surface area contributed by atoms with E-state index in [2.05, 4.69) is 10.2 Å². The molecule has 0 spiro atoms. The van der Waals surface area contributed by atoms with Gasteiger partial charge in [-0.25, -0.2) is 4.79 Å². The molecule has 0 aliphatic heterocycles. The second-order valence-electron chi connectivity index (χ2n) is 3.13. The lowest BCUT2D eigenvalue weighted by Gasteiger charge is -2.14. The van der Waals surface area contributed by atoms with Crippen LogP contribution in [0.5, 0.6) is 0 Å². The monoisotopic (exact) mass is 243 g/mol. The zero-order valence-electron chi connectivity index (χ0n) is 9.86. The van der Waals surface area contributed by atoms with Crippen molar-refractivity contribution in [1.82, 2.24) is 0 Å². The number of aliphatic carboxylic acids is 1. The van der Waals surface area contributed by atoms with E-state index in [-0.39, 0.29) is 0 Å². The molecule has 0 saturated carbocycles. The molecule has 5 heteroatoms. The van der Waals surface area contributed by atoms with Crippen molar-refractivity contribution in [1.29, 1.82) is 0 Å². The highest BCUT2D eigenvalue weighted by atomic mass is 28.1. The molecule has 0 bridgehead atoms. The first-order valence-corrected chi connectivity index (χ1v) is 6.18. The highest BCUT2D eigenvalue weighted by Crippen LogP contribution is 2.10. The van der Waals surface area contributed by atoms with Gasteiger partial charge >= 0.3 is 5.97 Å². The minimum atomic E-state index is -0.912. The highest BCUT2D eigenvalue weighted by Gasteiger charge is 2.11. The van der Waals surface area contributed by atoms with E-state index < -0.39 is 12.3 Å². The van der Waals surface area contributed by atoms with Gasteiger partial charge in [-0.05, 0) is 26.3 Å². The summed E-state index contributed by atoms with van der Waals surface area (Å²) in [7, 11) is 3.32. The summed E-state index contributed by atoms with van der Waals surface area (Å²) in [6.45, 7) is 4.68. The first kappa shape index (κ1) is 15.3. The lowest BCUT2D eigenvalue weighted by molar-refractivity contribution is -0.133. The summed E-state index contributed by atoms with van der Waals surface area (Å²) in [5.74, 6) is -0.912. The van der Waals surface area contributed by atoms with E-state index in [4.69, 9.17) is 14.6 Å². The Bertz CT molecular complexity index is 222. The Morgan fingerprint density at radius 1 is 1.38 bits per heavy atom. The summed E-state index contributed by atoms with van der Waals surface area (Å²) in [5.41, 5.74) is 0.338. The number of hydrogen-bond acceptors (Lipinski definition) is 3. The van der Waals surface area contributed by atoms with Crippen LogP contribution in [0.4, 0.5) is 0 Å². The first-order valence-electron chi connectivity index (χ1n) is 5.47. The zero-order valence-corrected chi connectivity index (χ0v) is 10.9. The van der Waals surface area contributed by atoms with Gasteiger partial charge in [0.2, 0.25) is 0 Å². The molecule has 0 aliphatic carbocycles. The van der Waals surface area contributed by atoms with Crippen molar-refractivity contribution in [3.05, 3.63) is 11.6 Å². The van der Waals surface area contributed by atoms with Crippen LogP contribution >= 0.6 is 0 Å². The van der Waals surface area contributed by atoms with Gasteiger partial charge in [0.05, 0.1) is 0 Å². The number of ether oxygens (including phenoxy) is 2. The summed E-state index contributed by atoms with van der Waals surface area (Å²) in [6.07, 6.45) is 2.27. The van der Waals surface area contributed by atoms with E-state index in [0.29, 0.717) is 25.2 Å². The molecule has 0 aromatic rings. The third-order valence-corrected chi connectivity index (χ3v) is 2.25. The summed E-state index contributed by atoms with van der Waals surface area (Å²) in [5, 5.41) is 8.99. The third-order valence-electron chi connectivity index (χ3n) is 1.90. The van der Waals surface area contributed by atoms with Crippen LogP contribution in [0.3, 0.4) is 0 Å². The van der Waals surface area contributed by atoms with E-state index >= 15 is 0 Å². The summed E-state index contributed by atoms with van der Waals surface area (Å²) in [6, 6.07) is 0.776. The van der Waals surface area contributed by atoms with Crippen molar-refractivity contribution < 1.29 is 19.4 Å². The van der Waals surface area contributed by atoms with Crippen LogP contribution in [0.25, 0.3) is 0 Å². The Morgan fingerprint density at radius 2 is 1.94 bits per heavy atom. The minimum absolute atomic E-state index is 0.338. The van der Waals surface area contributed by atoms with Crippen LogP contribution in [0.15, 0.2) is 11.6 Å². The predicted octanol–water partition coefficient (Wildman–Crippen LogP) is 1.76. The highest BCUT2D eigenvalue weighted by molar-refractivity contribution is 6.08. The molecule has 0 fully saturated rings. The molecule has 0 aromatic heterocycles. The second kappa shape index (κ2) is 9.56. The maximum atomic E-state index is 11.0. The molecule has 0 saturated heterocycles. The van der Waals surface area contributed by atoms with E-state index in [9.17, 15) is 4.79 Å². The molecule has 0 aliphatic rings. The lowest BCUT2D eigenvalue weighted by atomic mass is 10.1. The fourth-order valence-electron chi connectivity index (χ4n) is 1.18. The van der Waals surface area contributed by atoms with Crippen molar-refractivity contribution >= 4 is 16.2 Å². The summed E-state index contributed by atoms with van der Waals surface area (Å²) >= 11 is 0. The largest absolute Gasteiger partial charge is 0.478 e. The molecule has 0 amide bonds. The lowest BCUT2D eigenvalue weighted by Crippen LogP contribution is -2.17. The normalized spacial score (nSPS) is 12.1. The summed E-state index contributed by atoms with van der Waals surface area (Å²) in [4.78, 5) is 11.0. The van der Waals surface area contributed by atoms with Crippen molar-refractivity contribution in [2.24, 2.45) is 0 Å². The predicted molar refractivity (Wildman–Crippen MR) is 62.6 cm³/mol. The quantitative estimate of drug-likeness (QED) is 0.381. The van der Waals surface area contributed by atoms with Crippen LogP contribution in [-0.4, -0.2) is 40.8 Å². The van der Waals surface area contributed by atoms with Crippen LogP contribution in [-0.2, 0) is 14.3 Å². The zero-order chi connectivity index (χ0) is 12.4. The molecule has 0 rings (SSSR count). The van der Waals surface area contributed by atoms with Gasteiger partial charge in [-0.3, -0.25) is 0 Å². The number of hydrogen-bond donors (Lipinski definition) is 1. The molecule has 91 valence electrons. The molecular weight excluding hydrogens is 224 g/mol. The van der Waals surface area contributed by atoms with E-state index in [1.165, 1.54) is 6.08 Å². The second-order valence-corrected chi connectivity index (χ2v) is 3.63. The minimum Gasteiger partial charge on any atom is -0.478 e. The Labute approximate surface area is 100 Å². The first-order chi connectivity index (χ1) is 7.65. The van der Waals surface area contributed by atoms with Gasteiger partial charge < -0.3 is 14.6 Å². The molecule has 0 atom stereocenters. The van der Waals surface area contributed by atoms with Crippen molar-refractivity contribution in [2.75, 3.05) is 13.2 Å². The van der Waals surface area contributed by atoms with Gasteiger partial charge in [-0.1, -0.05) is 12.5 Å². The topological polar surface area (TPSA) is 55.8 Å².